The summed E-state index contributed by atoms with van der Waals surface area (Å²) in [4.78, 5) is 13.0. The molecule has 0 fully saturated rings. The normalized spacial score (nSPS) is 14.6. The molecule has 210 valence electrons. The Labute approximate surface area is 233 Å². The highest BCUT2D eigenvalue weighted by Crippen LogP contribution is 2.42. The smallest absolute Gasteiger partial charge is 0.372 e. The first-order valence-electron chi connectivity index (χ1n) is 11.9. The summed E-state index contributed by atoms with van der Waals surface area (Å²) in [7, 11) is 0. The third-order valence-corrected chi connectivity index (χ3v) is 6.50. The van der Waals surface area contributed by atoms with Crippen molar-refractivity contribution in [3.05, 3.63) is 106 Å². The molecule has 0 bridgehead atoms. The van der Waals surface area contributed by atoms with E-state index >= 15 is 8.78 Å². The summed E-state index contributed by atoms with van der Waals surface area (Å²) in [6.07, 6.45) is 5.06. The second-order valence-corrected chi connectivity index (χ2v) is 10.2. The number of ether oxygens (including phenoxy) is 1. The van der Waals surface area contributed by atoms with Crippen molar-refractivity contribution in [2.24, 2.45) is 0 Å². The lowest BCUT2D eigenvalue weighted by molar-refractivity contribution is -0.334. The van der Waals surface area contributed by atoms with Crippen molar-refractivity contribution < 1.29 is 33.2 Å². The van der Waals surface area contributed by atoms with E-state index in [0.717, 1.165) is 6.07 Å². The number of anilines is 1. The van der Waals surface area contributed by atoms with Gasteiger partial charge in [-0.05, 0) is 57.9 Å². The maximum absolute atomic E-state index is 16.1. The molecule has 0 spiro atoms. The number of pyridine rings is 3. The van der Waals surface area contributed by atoms with E-state index in [9.17, 15) is 19.7 Å². The molecule has 4 rings (SSSR count). The fourth-order valence-corrected chi connectivity index (χ4v) is 4.39. The molecular weight excluding hydrogens is 549 g/mol. The molecule has 3 N–H and O–H groups in total. The Bertz CT molecular complexity index is 1600. The molecule has 0 aromatic carbocycles. The van der Waals surface area contributed by atoms with E-state index in [1.54, 1.807) is 13.8 Å². The summed E-state index contributed by atoms with van der Waals surface area (Å²) in [6, 6.07) is 2.29. The van der Waals surface area contributed by atoms with Crippen LogP contribution < -0.4 is 4.90 Å². The molecule has 1 aliphatic rings. The quantitative estimate of drug-likeness (QED) is 0.340. The number of nitrogens with zero attached hydrogens (tertiary/aromatic N) is 4. The highest BCUT2D eigenvalue weighted by Gasteiger charge is 2.38. The second kappa shape index (κ2) is 10.3. The predicted molar refractivity (Wildman–Crippen MR) is 142 cm³/mol. The van der Waals surface area contributed by atoms with Crippen molar-refractivity contribution in [2.75, 3.05) is 4.90 Å². The third kappa shape index (κ3) is 5.20. The molecule has 3 aromatic heterocycles. The Morgan fingerprint density at radius 2 is 1.65 bits per heavy atom. The van der Waals surface area contributed by atoms with Gasteiger partial charge in [-0.1, -0.05) is 18.2 Å². The highest BCUT2D eigenvalue weighted by molar-refractivity contribution is 6.33. The number of hydrogen-bond acceptors (Lipinski definition) is 8. The van der Waals surface area contributed by atoms with Gasteiger partial charge in [0.2, 0.25) is 0 Å². The lowest BCUT2D eigenvalue weighted by Crippen LogP contribution is -2.33. The molecule has 8 nitrogen and oxygen atoms in total. The van der Waals surface area contributed by atoms with Gasteiger partial charge < -0.3 is 25.0 Å². The number of halogens is 4. The van der Waals surface area contributed by atoms with Crippen molar-refractivity contribution in [1.82, 2.24) is 15.0 Å². The summed E-state index contributed by atoms with van der Waals surface area (Å²) in [6.45, 7) is 11.3. The van der Waals surface area contributed by atoms with Crippen molar-refractivity contribution >= 4 is 17.3 Å². The van der Waals surface area contributed by atoms with Crippen LogP contribution in [-0.2, 0) is 16.3 Å². The minimum absolute atomic E-state index is 0.0312. The Balaban J connectivity index is 1.76. The Morgan fingerprint density at radius 3 is 2.27 bits per heavy atom. The lowest BCUT2D eigenvalue weighted by atomic mass is 9.99. The molecule has 12 heteroatoms. The molecule has 3 aromatic rings. The van der Waals surface area contributed by atoms with Gasteiger partial charge in [-0.2, -0.15) is 0 Å². The molecule has 0 aliphatic carbocycles. The van der Waals surface area contributed by atoms with E-state index in [2.05, 4.69) is 21.5 Å². The van der Waals surface area contributed by atoms with Gasteiger partial charge in [-0.15, -0.1) is 0 Å². The minimum atomic E-state index is -3.20. The highest BCUT2D eigenvalue weighted by atomic mass is 35.5. The van der Waals surface area contributed by atoms with Crippen LogP contribution in [0.4, 0.5) is 18.9 Å². The van der Waals surface area contributed by atoms with E-state index in [-0.39, 0.29) is 44.8 Å². The van der Waals surface area contributed by atoms with Crippen LogP contribution in [0.25, 0.3) is 11.3 Å². The SMILES string of the molecule is C=C1C(Cl)=C(OC(O)(O)c2ncc(C)cc2F)C=C(C)N1c1c(C)cnc(-c2ccnc(C(C)(C)O)c2F)c1F. The van der Waals surface area contributed by atoms with E-state index in [1.165, 1.54) is 56.4 Å². The molecule has 0 saturated carbocycles. The first kappa shape index (κ1) is 29.2. The van der Waals surface area contributed by atoms with Gasteiger partial charge in [0.1, 0.15) is 27.8 Å². The number of aryl methyl sites for hydroxylation is 2. The summed E-state index contributed by atoms with van der Waals surface area (Å²) in [5.41, 5.74) is -2.32. The van der Waals surface area contributed by atoms with Crippen LogP contribution in [0.1, 0.15) is 43.3 Å². The zero-order chi connectivity index (χ0) is 29.7. The summed E-state index contributed by atoms with van der Waals surface area (Å²) >= 11 is 6.46. The van der Waals surface area contributed by atoms with Crippen LogP contribution in [0.2, 0.25) is 0 Å². The van der Waals surface area contributed by atoms with Gasteiger partial charge in [-0.3, -0.25) is 9.97 Å². The van der Waals surface area contributed by atoms with E-state index in [4.69, 9.17) is 16.3 Å². The Kier molecular flexibility index (Phi) is 7.54. The third-order valence-electron chi connectivity index (χ3n) is 6.10. The standard InChI is InChI=1S/C28H26ClF3N4O4/c1-13-9-18(30)25(35-11-13)28(38,39)40-19-10-15(3)36(16(4)20(19)29)24-14(2)12-34-23(22(24)32)17-7-8-33-26(21(17)31)27(5,6)37/h7-12,37-39H,4H2,1-3,5-6H3. The van der Waals surface area contributed by atoms with Gasteiger partial charge in [0.15, 0.2) is 23.1 Å². The average Bonchev–Trinajstić information content (AvgIpc) is 2.84. The second-order valence-electron chi connectivity index (χ2n) is 9.83. The van der Waals surface area contributed by atoms with E-state index < -0.39 is 34.7 Å². The van der Waals surface area contributed by atoms with Gasteiger partial charge >= 0.3 is 5.97 Å². The number of aromatic nitrogens is 3. The molecule has 0 amide bonds. The zero-order valence-electron chi connectivity index (χ0n) is 22.2. The minimum Gasteiger partial charge on any atom is -0.433 e. The first-order valence-corrected chi connectivity index (χ1v) is 12.3. The average molecular weight is 575 g/mol. The van der Waals surface area contributed by atoms with E-state index in [1.807, 2.05) is 0 Å². The van der Waals surface area contributed by atoms with Crippen molar-refractivity contribution in [1.29, 1.82) is 0 Å². The van der Waals surface area contributed by atoms with Crippen molar-refractivity contribution in [3.8, 4) is 11.3 Å². The monoisotopic (exact) mass is 574 g/mol. The molecule has 0 atom stereocenters. The first-order chi connectivity index (χ1) is 18.5. The van der Waals surface area contributed by atoms with Gasteiger partial charge in [0, 0.05) is 35.9 Å². The van der Waals surface area contributed by atoms with Gasteiger partial charge in [0.25, 0.3) is 0 Å². The fourth-order valence-electron chi connectivity index (χ4n) is 4.21. The van der Waals surface area contributed by atoms with Gasteiger partial charge in [0.05, 0.1) is 11.4 Å². The molecule has 1 aliphatic heterocycles. The molecule has 0 saturated heterocycles. The largest absolute Gasteiger partial charge is 0.433 e. The molecule has 4 heterocycles. The maximum atomic E-state index is 16.1. The van der Waals surface area contributed by atoms with Crippen LogP contribution in [0.15, 0.2) is 65.6 Å². The summed E-state index contributed by atoms with van der Waals surface area (Å²) in [5.74, 6) is -6.37. The number of rotatable bonds is 6. The Morgan fingerprint density at radius 1 is 0.975 bits per heavy atom. The number of allylic oxidation sites excluding steroid dienone is 3. The number of aliphatic hydroxyl groups is 3. The van der Waals surface area contributed by atoms with Crippen LogP contribution in [0.5, 0.6) is 0 Å². The maximum Gasteiger partial charge on any atom is 0.372 e. The molecule has 0 unspecified atom stereocenters. The Hall–Kier alpha value is -3.77. The van der Waals surface area contributed by atoms with Crippen LogP contribution >= 0.6 is 11.6 Å². The van der Waals surface area contributed by atoms with Crippen LogP contribution in [0.3, 0.4) is 0 Å². The van der Waals surface area contributed by atoms with Crippen LogP contribution in [0, 0.1) is 31.3 Å². The summed E-state index contributed by atoms with van der Waals surface area (Å²) in [5, 5.41) is 31.0. The molecule has 40 heavy (non-hydrogen) atoms. The lowest BCUT2D eigenvalue weighted by Gasteiger charge is -2.34. The van der Waals surface area contributed by atoms with Gasteiger partial charge in [-0.25, -0.2) is 18.2 Å². The molecule has 0 radical (unpaired) electrons. The van der Waals surface area contributed by atoms with Crippen LogP contribution in [-0.4, -0.2) is 30.3 Å². The zero-order valence-corrected chi connectivity index (χ0v) is 23.0. The van der Waals surface area contributed by atoms with E-state index in [0.29, 0.717) is 11.1 Å². The predicted octanol–water partition coefficient (Wildman–Crippen LogP) is 5.30. The topological polar surface area (TPSA) is 112 Å². The van der Waals surface area contributed by atoms with Crippen molar-refractivity contribution in [2.45, 2.75) is 46.2 Å². The van der Waals surface area contributed by atoms with Crippen molar-refractivity contribution in [3.63, 3.8) is 0 Å². The number of hydrogen-bond donors (Lipinski definition) is 3. The molecular formula is C28H26ClF3N4O4. The fraction of sp³-hybridized carbons (Fsp3) is 0.250. The summed E-state index contributed by atoms with van der Waals surface area (Å²) < 4.78 is 51.1.